The molecule has 2 rings (SSSR count). The van der Waals surface area contributed by atoms with Crippen LogP contribution >= 0.6 is 0 Å². The third-order valence-corrected chi connectivity index (χ3v) is 4.26. The molecule has 2 fully saturated rings. The van der Waals surface area contributed by atoms with Crippen LogP contribution < -0.4 is 22.1 Å². The lowest BCUT2D eigenvalue weighted by Crippen LogP contribution is -2.55. The molecule has 2 saturated heterocycles. The van der Waals surface area contributed by atoms with E-state index in [4.69, 9.17) is 11.5 Å². The Balaban J connectivity index is 2.00. The molecular weight excluding hydrogens is 302 g/mol. The van der Waals surface area contributed by atoms with Gasteiger partial charge < -0.3 is 27.0 Å². The van der Waals surface area contributed by atoms with E-state index in [-0.39, 0.29) is 18.4 Å². The highest BCUT2D eigenvalue weighted by molar-refractivity contribution is 5.94. The van der Waals surface area contributed by atoms with Crippen LogP contribution in [0.3, 0.4) is 0 Å². The van der Waals surface area contributed by atoms with Gasteiger partial charge in [0.15, 0.2) is 0 Å². The minimum atomic E-state index is -1.15. The molecular formula is C14H23N5O4. The Morgan fingerprint density at radius 3 is 2.48 bits per heavy atom. The fourth-order valence-corrected chi connectivity index (χ4v) is 3.09. The second kappa shape index (κ2) is 7.40. The Labute approximate surface area is 134 Å². The minimum absolute atomic E-state index is 0.0920. The van der Waals surface area contributed by atoms with Crippen LogP contribution in [0.1, 0.15) is 32.1 Å². The number of nitrogens with one attached hydrogen (secondary N) is 2. The average molecular weight is 325 g/mol. The van der Waals surface area contributed by atoms with Gasteiger partial charge in [0.2, 0.25) is 23.6 Å². The number of nitrogens with two attached hydrogens (primary N) is 2. The maximum Gasteiger partial charge on any atom is 0.243 e. The van der Waals surface area contributed by atoms with Gasteiger partial charge in [0.1, 0.15) is 12.1 Å². The van der Waals surface area contributed by atoms with Crippen molar-refractivity contribution >= 4 is 23.6 Å². The maximum absolute atomic E-state index is 12.5. The largest absolute Gasteiger partial charge is 0.370 e. The van der Waals surface area contributed by atoms with Gasteiger partial charge in [-0.2, -0.15) is 0 Å². The molecule has 9 nitrogen and oxygen atoms in total. The standard InChI is InChI=1S/C14H23N5O4/c15-11(20)7-9(12(16)21)18-13(22)10-4-2-6-19(10)14(23)8-3-1-5-17-8/h8-10,17H,1-7H2,(H2,15,20)(H2,16,21)(H,18,22)/t8-,9+,10+/m1/s1. The Kier molecular flexibility index (Phi) is 5.54. The second-order valence-corrected chi connectivity index (χ2v) is 5.97. The van der Waals surface area contributed by atoms with Crippen molar-refractivity contribution in [2.75, 3.05) is 13.1 Å². The van der Waals surface area contributed by atoms with Crippen LogP contribution in [0.25, 0.3) is 0 Å². The van der Waals surface area contributed by atoms with E-state index in [1.807, 2.05) is 0 Å². The zero-order valence-electron chi connectivity index (χ0n) is 12.9. The monoisotopic (exact) mass is 325 g/mol. The molecule has 3 atom stereocenters. The molecule has 128 valence electrons. The molecule has 0 unspecified atom stereocenters. The fraction of sp³-hybridized carbons (Fsp3) is 0.714. The van der Waals surface area contributed by atoms with Gasteiger partial charge in [-0.3, -0.25) is 19.2 Å². The summed E-state index contributed by atoms with van der Waals surface area (Å²) in [5.74, 6) is -2.13. The van der Waals surface area contributed by atoms with Crippen LogP contribution in [0.15, 0.2) is 0 Å². The lowest BCUT2D eigenvalue weighted by atomic mass is 10.1. The molecule has 2 heterocycles. The lowest BCUT2D eigenvalue weighted by Gasteiger charge is -2.27. The summed E-state index contributed by atoms with van der Waals surface area (Å²) in [4.78, 5) is 48.7. The number of carbonyl (C=O) groups is 4. The number of hydrogen-bond donors (Lipinski definition) is 4. The van der Waals surface area contributed by atoms with Gasteiger partial charge in [0.05, 0.1) is 12.5 Å². The van der Waals surface area contributed by atoms with E-state index in [0.29, 0.717) is 19.4 Å². The Bertz CT molecular complexity index is 503. The quantitative estimate of drug-likeness (QED) is 0.429. The van der Waals surface area contributed by atoms with Crippen LogP contribution in [-0.4, -0.2) is 59.7 Å². The van der Waals surface area contributed by atoms with E-state index in [0.717, 1.165) is 19.4 Å². The molecule has 0 aliphatic carbocycles. The van der Waals surface area contributed by atoms with Gasteiger partial charge in [-0.1, -0.05) is 0 Å². The topological polar surface area (TPSA) is 148 Å². The van der Waals surface area contributed by atoms with Gasteiger partial charge in [-0.05, 0) is 32.2 Å². The summed E-state index contributed by atoms with van der Waals surface area (Å²) in [5.41, 5.74) is 10.2. The van der Waals surface area contributed by atoms with E-state index < -0.39 is 29.8 Å². The van der Waals surface area contributed by atoms with Crippen LogP contribution in [0.5, 0.6) is 0 Å². The molecule has 0 radical (unpaired) electrons. The molecule has 2 aliphatic rings. The van der Waals surface area contributed by atoms with Crippen LogP contribution in [0, 0.1) is 0 Å². The van der Waals surface area contributed by atoms with Crippen molar-refractivity contribution in [3.63, 3.8) is 0 Å². The first-order valence-corrected chi connectivity index (χ1v) is 7.82. The summed E-state index contributed by atoms with van der Waals surface area (Å²) in [5, 5.41) is 5.56. The van der Waals surface area contributed by atoms with Crippen LogP contribution in [-0.2, 0) is 19.2 Å². The molecule has 4 amide bonds. The smallest absolute Gasteiger partial charge is 0.243 e. The number of carbonyl (C=O) groups excluding carboxylic acids is 4. The van der Waals surface area contributed by atoms with Gasteiger partial charge in [-0.25, -0.2) is 0 Å². The predicted molar refractivity (Wildman–Crippen MR) is 80.7 cm³/mol. The van der Waals surface area contributed by atoms with Crippen molar-refractivity contribution in [1.82, 2.24) is 15.5 Å². The molecule has 0 aromatic rings. The van der Waals surface area contributed by atoms with Gasteiger partial charge in [-0.15, -0.1) is 0 Å². The van der Waals surface area contributed by atoms with E-state index in [1.165, 1.54) is 0 Å². The molecule has 6 N–H and O–H groups in total. The summed E-state index contributed by atoms with van der Waals surface area (Å²) in [7, 11) is 0. The molecule has 0 saturated carbocycles. The molecule has 23 heavy (non-hydrogen) atoms. The van der Waals surface area contributed by atoms with E-state index in [1.54, 1.807) is 4.90 Å². The van der Waals surface area contributed by atoms with Crippen LogP contribution in [0.4, 0.5) is 0 Å². The predicted octanol–water partition coefficient (Wildman–Crippen LogP) is -2.43. The number of hydrogen-bond acceptors (Lipinski definition) is 5. The van der Waals surface area contributed by atoms with Crippen molar-refractivity contribution < 1.29 is 19.2 Å². The SMILES string of the molecule is NC(=O)C[C@H](NC(=O)[C@@H]1CCCN1C(=O)[C@H]1CCCN1)C(N)=O. The molecule has 0 bridgehead atoms. The minimum Gasteiger partial charge on any atom is -0.370 e. The number of nitrogens with zero attached hydrogens (tertiary/aromatic N) is 1. The summed E-state index contributed by atoms with van der Waals surface area (Å²) in [6.45, 7) is 1.30. The van der Waals surface area contributed by atoms with E-state index in [9.17, 15) is 19.2 Å². The Hall–Kier alpha value is -2.16. The molecule has 0 aromatic carbocycles. The highest BCUT2D eigenvalue weighted by Crippen LogP contribution is 2.21. The van der Waals surface area contributed by atoms with Crippen molar-refractivity contribution in [1.29, 1.82) is 0 Å². The highest BCUT2D eigenvalue weighted by atomic mass is 16.2. The number of primary amides is 2. The lowest BCUT2D eigenvalue weighted by molar-refractivity contribution is -0.140. The van der Waals surface area contributed by atoms with Gasteiger partial charge in [0.25, 0.3) is 0 Å². The van der Waals surface area contributed by atoms with E-state index in [2.05, 4.69) is 10.6 Å². The van der Waals surface area contributed by atoms with E-state index >= 15 is 0 Å². The fourth-order valence-electron chi connectivity index (χ4n) is 3.09. The zero-order valence-corrected chi connectivity index (χ0v) is 12.9. The zero-order chi connectivity index (χ0) is 17.0. The Morgan fingerprint density at radius 1 is 1.17 bits per heavy atom. The first-order valence-electron chi connectivity index (χ1n) is 7.82. The van der Waals surface area contributed by atoms with Crippen molar-refractivity contribution in [2.45, 2.75) is 50.2 Å². The molecule has 9 heteroatoms. The van der Waals surface area contributed by atoms with Crippen LogP contribution in [0.2, 0.25) is 0 Å². The summed E-state index contributed by atoms with van der Waals surface area (Å²) in [6.07, 6.45) is 2.57. The number of likely N-dealkylation sites (tertiary alicyclic amines) is 1. The van der Waals surface area contributed by atoms with Crippen molar-refractivity contribution in [3.8, 4) is 0 Å². The Morgan fingerprint density at radius 2 is 1.91 bits per heavy atom. The first kappa shape index (κ1) is 17.2. The van der Waals surface area contributed by atoms with Gasteiger partial charge in [0, 0.05) is 6.54 Å². The maximum atomic E-state index is 12.5. The number of rotatable bonds is 6. The number of amides is 4. The van der Waals surface area contributed by atoms with Crippen molar-refractivity contribution in [2.24, 2.45) is 11.5 Å². The third-order valence-electron chi connectivity index (χ3n) is 4.26. The highest BCUT2D eigenvalue weighted by Gasteiger charge is 2.38. The molecule has 0 spiro atoms. The third kappa shape index (κ3) is 4.19. The summed E-state index contributed by atoms with van der Waals surface area (Å²) in [6, 6.07) is -2.04. The van der Waals surface area contributed by atoms with Gasteiger partial charge >= 0.3 is 0 Å². The average Bonchev–Trinajstić information content (AvgIpc) is 3.16. The molecule has 0 aromatic heterocycles. The first-order chi connectivity index (χ1) is 10.9. The summed E-state index contributed by atoms with van der Waals surface area (Å²) < 4.78 is 0. The summed E-state index contributed by atoms with van der Waals surface area (Å²) >= 11 is 0. The molecule has 2 aliphatic heterocycles. The van der Waals surface area contributed by atoms with Crippen molar-refractivity contribution in [3.05, 3.63) is 0 Å². The second-order valence-electron chi connectivity index (χ2n) is 5.97. The normalized spacial score (nSPS) is 25.1.